The number of methoxy groups -OCH3 is 1. The van der Waals surface area contributed by atoms with E-state index in [0.29, 0.717) is 6.04 Å². The molecule has 106 valence electrons. The molecule has 1 aliphatic heterocycles. The Morgan fingerprint density at radius 1 is 1.47 bits per heavy atom. The summed E-state index contributed by atoms with van der Waals surface area (Å²) in [5.74, 6) is 1.75. The van der Waals surface area contributed by atoms with E-state index in [1.807, 2.05) is 12.1 Å². The molecule has 4 heteroatoms. The maximum atomic E-state index is 5.81. The van der Waals surface area contributed by atoms with Crippen molar-refractivity contribution in [3.05, 3.63) is 28.2 Å². The molecule has 1 atom stereocenters. The van der Waals surface area contributed by atoms with Crippen LogP contribution >= 0.6 is 27.5 Å². The maximum Gasteiger partial charge on any atom is 0.123 e. The smallest absolute Gasteiger partial charge is 0.123 e. The molecule has 1 saturated heterocycles. The molecule has 1 aromatic rings. The van der Waals surface area contributed by atoms with Crippen LogP contribution in [0.25, 0.3) is 0 Å². The van der Waals surface area contributed by atoms with Crippen molar-refractivity contribution in [1.82, 2.24) is 4.90 Å². The highest BCUT2D eigenvalue weighted by atomic mass is 79.9. The second-order valence-corrected chi connectivity index (χ2v) is 6.35. The van der Waals surface area contributed by atoms with E-state index in [2.05, 4.69) is 26.9 Å². The van der Waals surface area contributed by atoms with E-state index in [9.17, 15) is 0 Å². The third kappa shape index (κ3) is 4.11. The van der Waals surface area contributed by atoms with Gasteiger partial charge in [-0.05, 0) is 50.4 Å². The van der Waals surface area contributed by atoms with Gasteiger partial charge in [0.2, 0.25) is 0 Å². The summed E-state index contributed by atoms with van der Waals surface area (Å²) in [4.78, 5) is 2.57. The Morgan fingerprint density at radius 3 is 3.05 bits per heavy atom. The molecule has 0 N–H and O–H groups in total. The summed E-state index contributed by atoms with van der Waals surface area (Å²) in [5.41, 5.74) is 1.26. The Hall–Kier alpha value is -0.250. The highest BCUT2D eigenvalue weighted by Crippen LogP contribution is 2.29. The fraction of sp³-hybridized carbons (Fsp3) is 0.600. The largest absolute Gasteiger partial charge is 0.496 e. The molecular weight excluding hydrogens is 326 g/mol. The van der Waals surface area contributed by atoms with Crippen molar-refractivity contribution in [3.8, 4) is 5.75 Å². The van der Waals surface area contributed by atoms with Crippen molar-refractivity contribution < 1.29 is 4.74 Å². The Kier molecular flexibility index (Phi) is 5.99. The lowest BCUT2D eigenvalue weighted by Gasteiger charge is -2.25. The third-order valence-electron chi connectivity index (χ3n) is 3.79. The Balaban J connectivity index is 2.05. The zero-order chi connectivity index (χ0) is 13.7. The minimum atomic E-state index is 0.683. The molecular formula is C15H21BrClNO. The van der Waals surface area contributed by atoms with Gasteiger partial charge in [-0.2, -0.15) is 0 Å². The van der Waals surface area contributed by atoms with Crippen molar-refractivity contribution in [3.63, 3.8) is 0 Å². The Morgan fingerprint density at radius 2 is 2.32 bits per heavy atom. The van der Waals surface area contributed by atoms with Crippen LogP contribution < -0.4 is 4.74 Å². The number of hydrogen-bond donors (Lipinski definition) is 0. The molecule has 0 radical (unpaired) electrons. The topological polar surface area (TPSA) is 12.5 Å². The van der Waals surface area contributed by atoms with Crippen LogP contribution in [-0.2, 0) is 6.54 Å². The van der Waals surface area contributed by atoms with Gasteiger partial charge in [-0.25, -0.2) is 0 Å². The van der Waals surface area contributed by atoms with E-state index in [0.717, 1.165) is 29.1 Å². The summed E-state index contributed by atoms with van der Waals surface area (Å²) in [6, 6.07) is 6.90. The first-order valence-electron chi connectivity index (χ1n) is 6.87. The molecule has 1 unspecified atom stereocenters. The van der Waals surface area contributed by atoms with Crippen molar-refractivity contribution >= 4 is 27.5 Å². The van der Waals surface area contributed by atoms with Crippen molar-refractivity contribution in [1.29, 1.82) is 0 Å². The second kappa shape index (κ2) is 7.51. The number of rotatable bonds is 6. The van der Waals surface area contributed by atoms with E-state index >= 15 is 0 Å². The lowest BCUT2D eigenvalue weighted by Crippen LogP contribution is -2.29. The molecule has 0 saturated carbocycles. The molecule has 2 rings (SSSR count). The molecule has 19 heavy (non-hydrogen) atoms. The molecule has 1 fully saturated rings. The minimum Gasteiger partial charge on any atom is -0.496 e. The Labute approximate surface area is 129 Å². The van der Waals surface area contributed by atoms with Crippen molar-refractivity contribution in [2.24, 2.45) is 0 Å². The molecule has 2 nitrogen and oxygen atoms in total. The van der Waals surface area contributed by atoms with Crippen molar-refractivity contribution in [2.75, 3.05) is 19.5 Å². The van der Waals surface area contributed by atoms with Gasteiger partial charge in [-0.1, -0.05) is 15.9 Å². The second-order valence-electron chi connectivity index (χ2n) is 5.05. The first-order valence-corrected chi connectivity index (χ1v) is 8.19. The SMILES string of the molecule is COc1ccc(Br)cc1CN1CCCC1CCCCl. The van der Waals surface area contributed by atoms with E-state index in [1.54, 1.807) is 7.11 Å². The summed E-state index contributed by atoms with van der Waals surface area (Å²) in [6.45, 7) is 2.15. The quantitative estimate of drug-likeness (QED) is 0.706. The average molecular weight is 347 g/mol. The molecule has 0 aromatic heterocycles. The third-order valence-corrected chi connectivity index (χ3v) is 4.55. The standard InChI is InChI=1S/C15H21BrClNO/c1-19-15-7-6-13(16)10-12(15)11-18-9-3-5-14(18)4-2-8-17/h6-7,10,14H,2-5,8-9,11H2,1H3. The van der Waals surface area contributed by atoms with Crippen LogP contribution in [-0.4, -0.2) is 30.5 Å². The van der Waals surface area contributed by atoms with E-state index in [-0.39, 0.29) is 0 Å². The summed E-state index contributed by atoms with van der Waals surface area (Å²) in [7, 11) is 1.74. The average Bonchev–Trinajstić information content (AvgIpc) is 2.84. The number of likely N-dealkylation sites (tertiary alicyclic amines) is 1. The predicted octanol–water partition coefficient (Wildman–Crippen LogP) is 4.44. The van der Waals surface area contributed by atoms with Gasteiger partial charge in [-0.3, -0.25) is 4.90 Å². The highest BCUT2D eigenvalue weighted by Gasteiger charge is 2.24. The fourth-order valence-corrected chi connectivity index (χ4v) is 3.40. The minimum absolute atomic E-state index is 0.683. The first-order chi connectivity index (χ1) is 9.24. The van der Waals surface area contributed by atoms with Crippen LogP contribution in [0.5, 0.6) is 5.75 Å². The highest BCUT2D eigenvalue weighted by molar-refractivity contribution is 9.10. The number of alkyl halides is 1. The number of halogens is 2. The zero-order valence-electron chi connectivity index (χ0n) is 11.4. The summed E-state index contributed by atoms with van der Waals surface area (Å²) >= 11 is 9.35. The monoisotopic (exact) mass is 345 g/mol. The van der Waals surface area contributed by atoms with Crippen molar-refractivity contribution in [2.45, 2.75) is 38.3 Å². The van der Waals surface area contributed by atoms with Crippen LogP contribution in [0.15, 0.2) is 22.7 Å². The number of hydrogen-bond acceptors (Lipinski definition) is 2. The molecule has 1 aliphatic rings. The zero-order valence-corrected chi connectivity index (χ0v) is 13.7. The molecule has 0 spiro atoms. The van der Waals surface area contributed by atoms with Gasteiger partial charge in [-0.15, -0.1) is 11.6 Å². The number of benzene rings is 1. The van der Waals surface area contributed by atoms with Gasteiger partial charge < -0.3 is 4.74 Å². The lowest BCUT2D eigenvalue weighted by atomic mass is 10.1. The van der Waals surface area contributed by atoms with Gasteiger partial charge >= 0.3 is 0 Å². The lowest BCUT2D eigenvalue weighted by molar-refractivity contribution is 0.230. The first kappa shape index (κ1) is 15.1. The van der Waals surface area contributed by atoms with E-state index < -0.39 is 0 Å². The molecule has 0 bridgehead atoms. The van der Waals surface area contributed by atoms with Crippen LogP contribution in [0.4, 0.5) is 0 Å². The molecule has 1 heterocycles. The summed E-state index contributed by atoms with van der Waals surface area (Å²) in [5, 5.41) is 0. The van der Waals surface area contributed by atoms with Crippen LogP contribution in [0.2, 0.25) is 0 Å². The predicted molar refractivity (Wildman–Crippen MR) is 84.1 cm³/mol. The van der Waals surface area contributed by atoms with Crippen LogP contribution in [0, 0.1) is 0 Å². The molecule has 0 amide bonds. The van der Waals surface area contributed by atoms with Crippen LogP contribution in [0.3, 0.4) is 0 Å². The van der Waals surface area contributed by atoms with Gasteiger partial charge in [0.1, 0.15) is 5.75 Å². The van der Waals surface area contributed by atoms with Gasteiger partial charge in [0.05, 0.1) is 7.11 Å². The Bertz CT molecular complexity index is 413. The summed E-state index contributed by atoms with van der Waals surface area (Å²) in [6.07, 6.45) is 4.91. The fourth-order valence-electron chi connectivity index (χ4n) is 2.83. The van der Waals surface area contributed by atoms with Gasteiger partial charge in [0.25, 0.3) is 0 Å². The molecule has 0 aliphatic carbocycles. The van der Waals surface area contributed by atoms with Crippen LogP contribution in [0.1, 0.15) is 31.2 Å². The maximum absolute atomic E-state index is 5.81. The normalized spacial score (nSPS) is 19.8. The number of nitrogens with zero attached hydrogens (tertiary/aromatic N) is 1. The van der Waals surface area contributed by atoms with Gasteiger partial charge in [0, 0.05) is 28.5 Å². The van der Waals surface area contributed by atoms with E-state index in [4.69, 9.17) is 16.3 Å². The molecule has 1 aromatic carbocycles. The van der Waals surface area contributed by atoms with Gasteiger partial charge in [0.15, 0.2) is 0 Å². The number of ether oxygens (including phenoxy) is 1. The van der Waals surface area contributed by atoms with E-state index in [1.165, 1.54) is 31.4 Å². The summed E-state index contributed by atoms with van der Waals surface area (Å²) < 4.78 is 6.57.